The van der Waals surface area contributed by atoms with E-state index in [1.165, 1.54) is 24.8 Å². The number of carbonyl (C=O) groups is 1. The van der Waals surface area contributed by atoms with Gasteiger partial charge in [0.2, 0.25) is 0 Å². The first-order chi connectivity index (χ1) is 18.5. The molecule has 0 radical (unpaired) electrons. The first kappa shape index (κ1) is 30.1. The second-order valence-corrected chi connectivity index (χ2v) is 10.8. The Morgan fingerprint density at radius 2 is 1.58 bits per heavy atom. The molecular formula is C33H46F2O3. The van der Waals surface area contributed by atoms with Crippen LogP contribution < -0.4 is 4.74 Å². The van der Waals surface area contributed by atoms with Gasteiger partial charge in [0.25, 0.3) is 0 Å². The Kier molecular flexibility index (Phi) is 13.1. The molecule has 0 spiro atoms. The van der Waals surface area contributed by atoms with Crippen molar-refractivity contribution in [1.29, 1.82) is 0 Å². The van der Waals surface area contributed by atoms with Crippen LogP contribution in [0.25, 0.3) is 11.1 Å². The molecular weight excluding hydrogens is 482 g/mol. The molecule has 0 saturated heterocycles. The molecule has 2 aromatic carbocycles. The molecule has 3 rings (SSSR count). The van der Waals surface area contributed by atoms with Gasteiger partial charge in [-0.2, -0.15) is 0 Å². The van der Waals surface area contributed by atoms with E-state index in [1.807, 2.05) is 13.0 Å². The van der Waals surface area contributed by atoms with Gasteiger partial charge in [0, 0.05) is 0 Å². The van der Waals surface area contributed by atoms with E-state index >= 15 is 0 Å². The summed E-state index contributed by atoms with van der Waals surface area (Å²) in [4.78, 5) is 11.9. The molecule has 1 aliphatic carbocycles. The zero-order valence-corrected chi connectivity index (χ0v) is 23.4. The minimum absolute atomic E-state index is 0.138. The maximum absolute atomic E-state index is 14.6. The van der Waals surface area contributed by atoms with Crippen molar-refractivity contribution < 1.29 is 23.0 Å². The van der Waals surface area contributed by atoms with Crippen molar-refractivity contribution in [2.45, 2.75) is 116 Å². The van der Waals surface area contributed by atoms with Gasteiger partial charge in [0.1, 0.15) is 6.10 Å². The third kappa shape index (κ3) is 10.0. The van der Waals surface area contributed by atoms with Gasteiger partial charge in [-0.1, -0.05) is 82.7 Å². The molecule has 1 fully saturated rings. The van der Waals surface area contributed by atoms with E-state index in [0.29, 0.717) is 24.7 Å². The number of aryl methyl sites for hydroxylation is 1. The number of hydrogen-bond donors (Lipinski definition) is 0. The Bertz CT molecular complexity index is 951. The second kappa shape index (κ2) is 16.5. The van der Waals surface area contributed by atoms with Crippen LogP contribution in [0, 0.1) is 11.7 Å². The first-order valence-corrected chi connectivity index (χ1v) is 14.9. The molecule has 5 heteroatoms. The Balaban J connectivity index is 1.39. The van der Waals surface area contributed by atoms with E-state index in [-0.39, 0.29) is 18.3 Å². The molecule has 0 N–H and O–H groups in total. The Labute approximate surface area is 228 Å². The zero-order valence-electron chi connectivity index (χ0n) is 23.4. The van der Waals surface area contributed by atoms with Crippen molar-refractivity contribution in [2.75, 3.05) is 6.61 Å². The number of unbranched alkanes of at least 4 members (excludes halogenated alkanes) is 5. The molecule has 38 heavy (non-hydrogen) atoms. The summed E-state index contributed by atoms with van der Waals surface area (Å²) in [5.74, 6) is -0.0724. The van der Waals surface area contributed by atoms with Crippen LogP contribution >= 0.6 is 0 Å². The highest BCUT2D eigenvalue weighted by atomic mass is 19.1. The number of halogens is 2. The smallest absolute Gasteiger partial charge is 0.340 e. The summed E-state index contributed by atoms with van der Waals surface area (Å²) in [6.07, 6.45) is 11.7. The van der Waals surface area contributed by atoms with Crippen molar-refractivity contribution in [2.24, 2.45) is 5.92 Å². The first-order valence-electron chi connectivity index (χ1n) is 14.9. The van der Waals surface area contributed by atoms with Crippen molar-refractivity contribution in [3.63, 3.8) is 0 Å². The molecule has 0 bridgehead atoms. The number of esters is 1. The van der Waals surface area contributed by atoms with E-state index in [9.17, 15) is 13.6 Å². The third-order valence-corrected chi connectivity index (χ3v) is 7.71. The van der Waals surface area contributed by atoms with Crippen LogP contribution in [0.1, 0.15) is 103 Å². The summed E-state index contributed by atoms with van der Waals surface area (Å²) in [7, 11) is 0. The predicted octanol–water partition coefficient (Wildman–Crippen LogP) is 9.40. The fourth-order valence-corrected chi connectivity index (χ4v) is 5.20. The molecule has 0 unspecified atom stereocenters. The average molecular weight is 529 g/mol. The van der Waals surface area contributed by atoms with Gasteiger partial charge in [-0.3, -0.25) is 0 Å². The van der Waals surface area contributed by atoms with E-state index in [2.05, 4.69) is 31.2 Å². The molecule has 1 atom stereocenters. The summed E-state index contributed by atoms with van der Waals surface area (Å²) in [6.45, 7) is 4.73. The molecule has 2 aromatic rings. The Morgan fingerprint density at radius 1 is 0.895 bits per heavy atom. The molecule has 0 aliphatic heterocycles. The minimum atomic E-state index is -1.48. The normalized spacial score (nSPS) is 18.2. The van der Waals surface area contributed by atoms with Gasteiger partial charge >= 0.3 is 5.97 Å². The number of benzene rings is 2. The van der Waals surface area contributed by atoms with E-state index < -0.39 is 12.1 Å². The van der Waals surface area contributed by atoms with E-state index in [4.69, 9.17) is 9.47 Å². The van der Waals surface area contributed by atoms with Crippen molar-refractivity contribution in [3.8, 4) is 16.9 Å². The van der Waals surface area contributed by atoms with Crippen molar-refractivity contribution >= 4 is 5.97 Å². The van der Waals surface area contributed by atoms with Crippen molar-refractivity contribution in [3.05, 3.63) is 53.8 Å². The lowest BCUT2D eigenvalue weighted by molar-refractivity contribution is -0.157. The van der Waals surface area contributed by atoms with Gasteiger partial charge in [0.15, 0.2) is 17.7 Å². The highest BCUT2D eigenvalue weighted by molar-refractivity contribution is 5.74. The van der Waals surface area contributed by atoms with Gasteiger partial charge < -0.3 is 9.47 Å². The maximum atomic E-state index is 14.6. The number of alkyl halides is 1. The summed E-state index contributed by atoms with van der Waals surface area (Å²) in [5, 5.41) is 0. The Hall–Kier alpha value is -2.43. The molecule has 1 saturated carbocycles. The second-order valence-electron chi connectivity index (χ2n) is 10.8. The number of ether oxygens (including phenoxy) is 2. The molecule has 0 aromatic heterocycles. The molecule has 0 heterocycles. The van der Waals surface area contributed by atoms with Crippen molar-refractivity contribution in [1.82, 2.24) is 0 Å². The lowest BCUT2D eigenvalue weighted by atomic mass is 9.83. The number of rotatable bonds is 16. The van der Waals surface area contributed by atoms with Gasteiger partial charge in [-0.25, -0.2) is 13.6 Å². The van der Waals surface area contributed by atoms with E-state index in [0.717, 1.165) is 68.9 Å². The van der Waals surface area contributed by atoms with Crippen LogP contribution in [0.2, 0.25) is 0 Å². The average Bonchev–Trinajstić information content (AvgIpc) is 2.94. The SMILES string of the molecule is CCCCCCCOc1ccc(-c2ccc(CCC3CCC(OC(=O)[C@@H](F)CCCC)CC3)cc2)cc1F. The fraction of sp³-hybridized carbons (Fsp3) is 0.606. The minimum Gasteiger partial charge on any atom is -0.491 e. The van der Waals surface area contributed by atoms with Gasteiger partial charge in [-0.05, 0) is 86.1 Å². The number of hydrogen-bond acceptors (Lipinski definition) is 3. The standard InChI is InChI=1S/C33H46F2O3/c1-3-5-7-8-9-23-37-32-22-19-28(24-31(32)35)27-17-13-25(14-18-27)11-12-26-15-20-29(21-16-26)38-33(36)30(34)10-6-4-2/h13-14,17-19,22,24,26,29-30H,3-12,15-16,20-21,23H2,1-2H3/t26?,29?,30-/m0/s1. The third-order valence-electron chi connectivity index (χ3n) is 7.71. The highest BCUT2D eigenvalue weighted by Gasteiger charge is 2.27. The fourth-order valence-electron chi connectivity index (χ4n) is 5.20. The number of carbonyl (C=O) groups excluding carboxylic acids is 1. The monoisotopic (exact) mass is 528 g/mol. The van der Waals surface area contributed by atoms with Crippen LogP contribution in [-0.4, -0.2) is 24.9 Å². The van der Waals surface area contributed by atoms with Gasteiger partial charge in [0.05, 0.1) is 6.61 Å². The predicted molar refractivity (Wildman–Crippen MR) is 151 cm³/mol. The molecule has 1 aliphatic rings. The summed E-state index contributed by atoms with van der Waals surface area (Å²) in [6, 6.07) is 13.6. The quantitative estimate of drug-likeness (QED) is 0.161. The molecule has 0 amide bonds. The van der Waals surface area contributed by atoms with Crippen LogP contribution in [-0.2, 0) is 16.0 Å². The maximum Gasteiger partial charge on any atom is 0.340 e. The summed E-state index contributed by atoms with van der Waals surface area (Å²) >= 11 is 0. The largest absolute Gasteiger partial charge is 0.491 e. The summed E-state index contributed by atoms with van der Waals surface area (Å²) in [5.41, 5.74) is 3.11. The Morgan fingerprint density at radius 3 is 2.26 bits per heavy atom. The zero-order chi connectivity index (χ0) is 27.2. The topological polar surface area (TPSA) is 35.5 Å². The lowest BCUT2D eigenvalue weighted by Gasteiger charge is -2.28. The van der Waals surface area contributed by atoms with Crippen LogP contribution in [0.4, 0.5) is 8.78 Å². The molecule has 3 nitrogen and oxygen atoms in total. The van der Waals surface area contributed by atoms with Crippen LogP contribution in [0.15, 0.2) is 42.5 Å². The molecule has 210 valence electrons. The van der Waals surface area contributed by atoms with Crippen LogP contribution in [0.3, 0.4) is 0 Å². The van der Waals surface area contributed by atoms with E-state index in [1.54, 1.807) is 12.1 Å². The van der Waals surface area contributed by atoms with Crippen LogP contribution in [0.5, 0.6) is 5.75 Å². The lowest BCUT2D eigenvalue weighted by Crippen LogP contribution is -2.29. The highest BCUT2D eigenvalue weighted by Crippen LogP contribution is 2.31. The van der Waals surface area contributed by atoms with Gasteiger partial charge in [-0.15, -0.1) is 0 Å². The summed E-state index contributed by atoms with van der Waals surface area (Å²) < 4.78 is 39.5.